The van der Waals surface area contributed by atoms with Gasteiger partial charge in [0.2, 0.25) is 0 Å². The second kappa shape index (κ2) is 6.35. The van der Waals surface area contributed by atoms with E-state index in [-0.39, 0.29) is 0 Å². The van der Waals surface area contributed by atoms with Crippen LogP contribution in [0.25, 0.3) is 0 Å². The van der Waals surface area contributed by atoms with Gasteiger partial charge in [-0.1, -0.05) is 36.4 Å². The fraction of sp³-hybridized carbons (Fsp3) is 0.263. The molecule has 1 aliphatic rings. The predicted molar refractivity (Wildman–Crippen MR) is 86.4 cm³/mol. The Morgan fingerprint density at radius 3 is 2.25 bits per heavy atom. The Morgan fingerprint density at radius 2 is 1.58 bits per heavy atom. The second-order valence-electron chi connectivity index (χ2n) is 5.66. The van der Waals surface area contributed by atoms with Crippen LogP contribution in [0.15, 0.2) is 42.5 Å². The van der Waals surface area contributed by atoms with Gasteiger partial charge < -0.3 is 14.2 Å². The zero-order valence-corrected chi connectivity index (χ0v) is 13.7. The van der Waals surface area contributed by atoms with Crippen molar-refractivity contribution in [3.63, 3.8) is 0 Å². The van der Waals surface area contributed by atoms with Crippen LogP contribution < -0.4 is 4.74 Å². The van der Waals surface area contributed by atoms with Crippen LogP contribution in [-0.4, -0.2) is 11.9 Å². The van der Waals surface area contributed by atoms with E-state index in [1.54, 1.807) is 12.1 Å². The van der Waals surface area contributed by atoms with Gasteiger partial charge in [-0.15, -0.1) is 0 Å². The molecule has 0 amide bonds. The highest BCUT2D eigenvalue weighted by atomic mass is 16.7. The summed E-state index contributed by atoms with van der Waals surface area (Å²) in [5.74, 6) is -0.311. The molecule has 0 saturated carbocycles. The van der Waals surface area contributed by atoms with Gasteiger partial charge in [0.05, 0.1) is 0 Å². The maximum absolute atomic E-state index is 11.7. The molecule has 124 valence electrons. The van der Waals surface area contributed by atoms with Gasteiger partial charge in [0.25, 0.3) is 6.29 Å². The van der Waals surface area contributed by atoms with E-state index in [2.05, 4.69) is 0 Å². The minimum atomic E-state index is -0.889. The minimum Gasteiger partial charge on any atom is -0.453 e. The van der Waals surface area contributed by atoms with Gasteiger partial charge >= 0.3 is 11.9 Å². The lowest BCUT2D eigenvalue weighted by Gasteiger charge is -2.20. The van der Waals surface area contributed by atoms with Crippen molar-refractivity contribution in [1.82, 2.24) is 0 Å². The van der Waals surface area contributed by atoms with E-state index in [4.69, 9.17) is 14.2 Å². The number of fused-ring (bicyclic) bond motifs is 2. The number of rotatable bonds is 2. The Bertz CT molecular complexity index is 796. The average Bonchev–Trinajstić information content (AvgIpc) is 2.64. The van der Waals surface area contributed by atoms with E-state index in [0.29, 0.717) is 11.3 Å². The molecule has 0 radical (unpaired) electrons. The third kappa shape index (κ3) is 2.97. The van der Waals surface area contributed by atoms with Gasteiger partial charge in [-0.2, -0.15) is 0 Å². The zero-order chi connectivity index (χ0) is 17.3. The molecule has 5 nitrogen and oxygen atoms in total. The van der Waals surface area contributed by atoms with Gasteiger partial charge in [0.15, 0.2) is 6.10 Å². The number of hydrogen-bond acceptors (Lipinski definition) is 5. The van der Waals surface area contributed by atoms with Crippen molar-refractivity contribution in [3.8, 4) is 5.75 Å². The summed E-state index contributed by atoms with van der Waals surface area (Å²) in [5.41, 5.74) is 3.09. The fourth-order valence-electron chi connectivity index (χ4n) is 2.92. The topological polar surface area (TPSA) is 61.8 Å². The maximum atomic E-state index is 11.7. The minimum absolute atomic E-state index is 0.394. The molecule has 0 N–H and O–H groups in total. The summed E-state index contributed by atoms with van der Waals surface area (Å²) >= 11 is 0. The van der Waals surface area contributed by atoms with Crippen molar-refractivity contribution in [2.75, 3.05) is 0 Å². The zero-order valence-electron chi connectivity index (χ0n) is 13.7. The maximum Gasteiger partial charge on any atom is 0.305 e. The number of benzene rings is 2. The van der Waals surface area contributed by atoms with Crippen LogP contribution >= 0.6 is 0 Å². The smallest absolute Gasteiger partial charge is 0.305 e. The van der Waals surface area contributed by atoms with Crippen LogP contribution in [0.1, 0.15) is 48.5 Å². The summed E-state index contributed by atoms with van der Waals surface area (Å²) in [5, 5.41) is 0. The number of aryl methyl sites for hydroxylation is 1. The van der Waals surface area contributed by atoms with Crippen LogP contribution in [0.5, 0.6) is 5.75 Å². The Morgan fingerprint density at radius 1 is 0.917 bits per heavy atom. The lowest BCUT2D eigenvalue weighted by atomic mass is 9.94. The molecule has 0 spiro atoms. The van der Waals surface area contributed by atoms with Crippen LogP contribution in [0.3, 0.4) is 0 Å². The molecule has 0 saturated heterocycles. The van der Waals surface area contributed by atoms with Crippen molar-refractivity contribution in [1.29, 1.82) is 0 Å². The normalized spacial score (nSPS) is 18.5. The second-order valence-corrected chi connectivity index (χ2v) is 5.66. The molecule has 0 fully saturated rings. The molecule has 24 heavy (non-hydrogen) atoms. The van der Waals surface area contributed by atoms with Crippen molar-refractivity contribution >= 4 is 11.9 Å². The summed E-state index contributed by atoms with van der Waals surface area (Å²) in [6.45, 7) is 4.63. The largest absolute Gasteiger partial charge is 0.453 e. The van der Waals surface area contributed by atoms with Crippen LogP contribution in [0.4, 0.5) is 0 Å². The van der Waals surface area contributed by atoms with Crippen molar-refractivity contribution in [2.24, 2.45) is 0 Å². The average molecular weight is 326 g/mol. The molecule has 2 atom stereocenters. The lowest BCUT2D eigenvalue weighted by molar-refractivity contribution is -0.162. The van der Waals surface area contributed by atoms with Crippen molar-refractivity contribution < 1.29 is 23.8 Å². The van der Waals surface area contributed by atoms with Crippen LogP contribution in [0.2, 0.25) is 0 Å². The Kier molecular flexibility index (Phi) is 4.25. The van der Waals surface area contributed by atoms with Gasteiger partial charge in [0.1, 0.15) is 5.75 Å². The number of ether oxygens (including phenoxy) is 3. The predicted octanol–water partition coefficient (Wildman–Crippen LogP) is 3.60. The SMILES string of the molecule is CC(=O)OC1Oc2cccc(C)c2C(OC(C)=O)c2ccccc21. The fourth-order valence-corrected chi connectivity index (χ4v) is 2.92. The van der Waals surface area contributed by atoms with Gasteiger partial charge in [-0.05, 0) is 18.6 Å². The summed E-state index contributed by atoms with van der Waals surface area (Å²) in [6.07, 6.45) is -1.50. The molecule has 2 aromatic rings. The van der Waals surface area contributed by atoms with E-state index in [1.165, 1.54) is 13.8 Å². The van der Waals surface area contributed by atoms with Crippen molar-refractivity contribution in [3.05, 3.63) is 64.7 Å². The molecule has 0 aliphatic carbocycles. The molecule has 1 heterocycles. The summed E-state index contributed by atoms with van der Waals surface area (Å²) < 4.78 is 16.9. The first-order valence-electron chi connectivity index (χ1n) is 7.67. The molecule has 3 rings (SSSR count). The summed E-state index contributed by atoms with van der Waals surface area (Å²) in [4.78, 5) is 23.2. The van der Waals surface area contributed by atoms with Crippen LogP contribution in [0, 0.1) is 6.92 Å². The molecule has 2 aromatic carbocycles. The van der Waals surface area contributed by atoms with Gasteiger partial charge in [-0.3, -0.25) is 9.59 Å². The Labute approximate surface area is 140 Å². The third-order valence-electron chi connectivity index (χ3n) is 3.87. The molecule has 5 heteroatoms. The standard InChI is InChI=1S/C19H18O5/c1-11-7-6-10-16-17(11)18(22-12(2)20)14-8-4-5-9-15(14)19(24-16)23-13(3)21/h4-10,18-19H,1-3H3. The number of carbonyl (C=O) groups is 2. The van der Waals surface area contributed by atoms with E-state index in [0.717, 1.165) is 16.7 Å². The summed E-state index contributed by atoms with van der Waals surface area (Å²) in [6, 6.07) is 12.9. The van der Waals surface area contributed by atoms with E-state index in [1.807, 2.05) is 37.3 Å². The highest BCUT2D eigenvalue weighted by Crippen LogP contribution is 2.43. The van der Waals surface area contributed by atoms with Gasteiger partial charge in [0, 0.05) is 30.5 Å². The molecular formula is C19H18O5. The number of carbonyl (C=O) groups excluding carboxylic acids is 2. The molecule has 0 aromatic heterocycles. The molecule has 0 bridgehead atoms. The van der Waals surface area contributed by atoms with E-state index in [9.17, 15) is 9.59 Å². The number of esters is 2. The first-order valence-corrected chi connectivity index (χ1v) is 7.67. The third-order valence-corrected chi connectivity index (χ3v) is 3.87. The molecular weight excluding hydrogens is 308 g/mol. The monoisotopic (exact) mass is 326 g/mol. The Balaban J connectivity index is 2.23. The summed E-state index contributed by atoms with van der Waals surface area (Å²) in [7, 11) is 0. The quantitative estimate of drug-likeness (QED) is 0.789. The van der Waals surface area contributed by atoms with Crippen molar-refractivity contribution in [2.45, 2.75) is 33.2 Å². The first kappa shape index (κ1) is 16.1. The molecule has 2 unspecified atom stereocenters. The van der Waals surface area contributed by atoms with Gasteiger partial charge in [-0.25, -0.2) is 0 Å². The van der Waals surface area contributed by atoms with E-state index < -0.39 is 24.3 Å². The first-order chi connectivity index (χ1) is 11.5. The van der Waals surface area contributed by atoms with E-state index >= 15 is 0 Å². The highest BCUT2D eigenvalue weighted by molar-refractivity contribution is 5.68. The highest BCUT2D eigenvalue weighted by Gasteiger charge is 2.34. The van der Waals surface area contributed by atoms with Crippen LogP contribution in [-0.2, 0) is 19.1 Å². The molecule has 1 aliphatic heterocycles. The Hall–Kier alpha value is -2.82. The lowest BCUT2D eigenvalue weighted by Crippen LogP contribution is -2.16. The number of hydrogen-bond donors (Lipinski definition) is 0.